The Hall–Kier alpha value is -0.170. The van der Waals surface area contributed by atoms with Crippen LogP contribution >= 0.6 is 0 Å². The van der Waals surface area contributed by atoms with Crippen LogP contribution in [0.5, 0.6) is 0 Å². The van der Waals surface area contributed by atoms with E-state index < -0.39 is 32.5 Å². The zero-order valence-electron chi connectivity index (χ0n) is 21.5. The van der Waals surface area contributed by atoms with E-state index in [0.717, 1.165) is 24.2 Å². The lowest BCUT2D eigenvalue weighted by atomic mass is 9.42. The van der Waals surface area contributed by atoms with Gasteiger partial charge in [-0.2, -0.15) is 8.42 Å². The fourth-order valence-corrected chi connectivity index (χ4v) is 10.4. The zero-order chi connectivity index (χ0) is 24.4. The van der Waals surface area contributed by atoms with Gasteiger partial charge in [0.1, 0.15) is 0 Å². The second-order valence-electron chi connectivity index (χ2n) is 13.4. The van der Waals surface area contributed by atoms with E-state index in [1.807, 2.05) is 0 Å². The van der Waals surface area contributed by atoms with Gasteiger partial charge in [-0.3, -0.25) is 4.55 Å². The van der Waals surface area contributed by atoms with E-state index >= 15 is 0 Å². The van der Waals surface area contributed by atoms with Gasteiger partial charge in [0, 0.05) is 5.41 Å². The third kappa shape index (κ3) is 4.13. The summed E-state index contributed by atoms with van der Waals surface area (Å²) in [6, 6.07) is 0. The summed E-state index contributed by atoms with van der Waals surface area (Å²) in [5.74, 6) is 3.49. The van der Waals surface area contributed by atoms with Crippen LogP contribution < -0.4 is 0 Å². The Morgan fingerprint density at radius 2 is 1.67 bits per heavy atom. The molecule has 0 bridgehead atoms. The van der Waals surface area contributed by atoms with E-state index in [2.05, 4.69) is 34.6 Å². The van der Waals surface area contributed by atoms with Gasteiger partial charge in [0.15, 0.2) is 0 Å². The van der Waals surface area contributed by atoms with Crippen molar-refractivity contribution in [3.8, 4) is 0 Å². The summed E-state index contributed by atoms with van der Waals surface area (Å²) in [6.45, 7) is 11.7. The van der Waals surface area contributed by atoms with Gasteiger partial charge < -0.3 is 10.2 Å². The molecule has 0 unspecified atom stereocenters. The molecule has 5 nitrogen and oxygen atoms in total. The topological polar surface area (TPSA) is 94.8 Å². The first-order valence-electron chi connectivity index (χ1n) is 13.6. The zero-order valence-corrected chi connectivity index (χ0v) is 22.3. The summed E-state index contributed by atoms with van der Waals surface area (Å²) in [5.41, 5.74) is -1.64. The smallest absolute Gasteiger partial charge is 0.267 e. The van der Waals surface area contributed by atoms with Gasteiger partial charge in [0.25, 0.3) is 10.1 Å². The minimum atomic E-state index is -4.22. The van der Waals surface area contributed by atoms with Crippen molar-refractivity contribution in [3.05, 3.63) is 0 Å². The summed E-state index contributed by atoms with van der Waals surface area (Å²) >= 11 is 0. The Morgan fingerprint density at radius 1 is 0.970 bits per heavy atom. The van der Waals surface area contributed by atoms with Crippen LogP contribution in [-0.2, 0) is 10.1 Å². The van der Waals surface area contributed by atoms with E-state index in [1.54, 1.807) is 0 Å². The number of hydrogen-bond acceptors (Lipinski definition) is 4. The van der Waals surface area contributed by atoms with Gasteiger partial charge in [-0.1, -0.05) is 53.9 Å². The molecule has 4 aliphatic carbocycles. The highest BCUT2D eigenvalue weighted by molar-refractivity contribution is 7.86. The van der Waals surface area contributed by atoms with Crippen molar-refractivity contribution in [2.45, 2.75) is 122 Å². The molecule has 4 aliphatic rings. The van der Waals surface area contributed by atoms with Crippen molar-refractivity contribution in [1.82, 2.24) is 0 Å². The van der Waals surface area contributed by atoms with Crippen LogP contribution in [0.1, 0.15) is 105 Å². The predicted octanol–water partition coefficient (Wildman–Crippen LogP) is 5.45. The maximum atomic E-state index is 11.9. The summed E-state index contributed by atoms with van der Waals surface area (Å²) in [5, 5.41) is 22.1. The van der Waals surface area contributed by atoms with Gasteiger partial charge in [0.05, 0.1) is 17.0 Å². The second-order valence-corrected chi connectivity index (χ2v) is 15.1. The third-order valence-electron chi connectivity index (χ3n) is 11.4. The van der Waals surface area contributed by atoms with Crippen molar-refractivity contribution < 1.29 is 23.2 Å². The molecule has 0 aliphatic heterocycles. The number of rotatable bonds is 6. The molecule has 33 heavy (non-hydrogen) atoms. The van der Waals surface area contributed by atoms with Gasteiger partial charge >= 0.3 is 0 Å². The van der Waals surface area contributed by atoms with Crippen LogP contribution in [0.3, 0.4) is 0 Å². The first-order chi connectivity index (χ1) is 15.2. The highest BCUT2D eigenvalue weighted by Gasteiger charge is 2.68. The standard InChI is InChI=1S/C27H48O5S/c1-17(2)7-6-8-18(3)21-9-10-22-20-15-24(28)27(29)16-19(33(30,31)32)11-14-26(27,5)23(20)12-13-25(21,22)4/h17-24,28-29H,6-16H2,1-5H3,(H,30,31,32)/t18-,19+,20+,21-,22+,23+,24-,25-,26-,27+/m1/s1. The Balaban J connectivity index is 1.54. The van der Waals surface area contributed by atoms with E-state index in [9.17, 15) is 23.2 Å². The van der Waals surface area contributed by atoms with E-state index in [-0.39, 0.29) is 6.42 Å². The highest BCUT2D eigenvalue weighted by Crippen LogP contribution is 2.69. The monoisotopic (exact) mass is 484 g/mol. The lowest BCUT2D eigenvalue weighted by Crippen LogP contribution is -2.69. The molecular formula is C27H48O5S. The molecule has 192 valence electrons. The molecule has 0 saturated heterocycles. The molecule has 0 radical (unpaired) electrons. The molecule has 6 heteroatoms. The van der Waals surface area contributed by atoms with Crippen molar-refractivity contribution in [2.24, 2.45) is 46.3 Å². The van der Waals surface area contributed by atoms with Crippen molar-refractivity contribution in [3.63, 3.8) is 0 Å². The lowest BCUT2D eigenvalue weighted by molar-refractivity contribution is -0.252. The second kappa shape index (κ2) is 8.74. The number of hydrogen-bond donors (Lipinski definition) is 3. The first-order valence-corrected chi connectivity index (χ1v) is 15.1. The maximum Gasteiger partial charge on any atom is 0.267 e. The molecule has 10 atom stereocenters. The van der Waals surface area contributed by atoms with E-state index in [0.29, 0.717) is 42.4 Å². The summed E-state index contributed by atoms with van der Waals surface area (Å²) in [6.07, 6.45) is 9.10. The SMILES string of the molecule is CC(C)CCC[C@@H](C)[C@H]1CC[C@H]2[C@@H]3C[C@@H](O)[C@@]4(O)C[C@@H](S(=O)(=O)O)CC[C@]4(C)[C@H]3CC[C@]12C. The largest absolute Gasteiger partial charge is 0.390 e. The van der Waals surface area contributed by atoms with Gasteiger partial charge in [-0.05, 0) is 92.3 Å². The Labute approximate surface area is 201 Å². The molecule has 3 N–H and O–H groups in total. The summed E-state index contributed by atoms with van der Waals surface area (Å²) < 4.78 is 33.4. The minimum absolute atomic E-state index is 0.0514. The molecule has 0 spiro atoms. The molecular weight excluding hydrogens is 436 g/mol. The van der Waals surface area contributed by atoms with Gasteiger partial charge in [-0.25, -0.2) is 0 Å². The minimum Gasteiger partial charge on any atom is -0.390 e. The van der Waals surface area contributed by atoms with Crippen molar-refractivity contribution >= 4 is 10.1 Å². The molecule has 0 amide bonds. The van der Waals surface area contributed by atoms with Crippen molar-refractivity contribution in [1.29, 1.82) is 0 Å². The predicted molar refractivity (Wildman–Crippen MR) is 131 cm³/mol. The molecule has 4 fully saturated rings. The van der Waals surface area contributed by atoms with Crippen molar-refractivity contribution in [2.75, 3.05) is 0 Å². The highest BCUT2D eigenvalue weighted by atomic mass is 32.2. The summed E-state index contributed by atoms with van der Waals surface area (Å²) in [4.78, 5) is 0. The van der Waals surface area contributed by atoms with Crippen LogP contribution in [-0.4, -0.2) is 40.1 Å². The molecule has 4 saturated carbocycles. The lowest BCUT2D eigenvalue weighted by Gasteiger charge is -2.65. The molecule has 0 aromatic carbocycles. The molecule has 4 rings (SSSR count). The molecule has 0 aromatic heterocycles. The first kappa shape index (κ1) is 25.9. The van der Waals surface area contributed by atoms with E-state index in [1.165, 1.54) is 38.5 Å². The molecule has 0 heterocycles. The van der Waals surface area contributed by atoms with Crippen LogP contribution in [0.25, 0.3) is 0 Å². The Morgan fingerprint density at radius 3 is 2.30 bits per heavy atom. The van der Waals surface area contributed by atoms with Crippen LogP contribution in [0, 0.1) is 46.3 Å². The number of aliphatic hydroxyl groups excluding tert-OH is 1. The van der Waals surface area contributed by atoms with E-state index in [4.69, 9.17) is 0 Å². The Bertz CT molecular complexity index is 826. The van der Waals surface area contributed by atoms with Crippen LogP contribution in [0.4, 0.5) is 0 Å². The Kier molecular flexibility index (Phi) is 6.86. The fraction of sp³-hybridized carbons (Fsp3) is 1.00. The third-order valence-corrected chi connectivity index (χ3v) is 12.7. The van der Waals surface area contributed by atoms with Gasteiger partial charge in [0.2, 0.25) is 0 Å². The van der Waals surface area contributed by atoms with Gasteiger partial charge in [-0.15, -0.1) is 0 Å². The number of fused-ring (bicyclic) bond motifs is 5. The summed E-state index contributed by atoms with van der Waals surface area (Å²) in [7, 11) is -4.22. The molecule has 0 aromatic rings. The van der Waals surface area contributed by atoms with Crippen LogP contribution in [0.2, 0.25) is 0 Å². The normalized spacial score (nSPS) is 48.8. The number of aliphatic hydroxyl groups is 2. The van der Waals surface area contributed by atoms with Crippen LogP contribution in [0.15, 0.2) is 0 Å². The quantitative estimate of drug-likeness (QED) is 0.436. The average Bonchev–Trinajstić information content (AvgIpc) is 3.06. The fourth-order valence-electron chi connectivity index (χ4n) is 9.52. The average molecular weight is 485 g/mol. The maximum absolute atomic E-state index is 11.9.